The first kappa shape index (κ1) is 25.0. The lowest BCUT2D eigenvalue weighted by Crippen LogP contribution is -2.69. The first-order valence-corrected chi connectivity index (χ1v) is 9.58. The smallest absolute Gasteiger partial charge is 0.268 e. The first-order valence-electron chi connectivity index (χ1n) is 9.58. The van der Waals surface area contributed by atoms with Gasteiger partial charge in [0.15, 0.2) is 0 Å². The normalized spacial score (nSPS) is 12.8. The second kappa shape index (κ2) is 11.4. The average Bonchev–Trinajstić information content (AvgIpc) is 3.32. The maximum atomic E-state index is 13.9. The van der Waals surface area contributed by atoms with E-state index in [9.17, 15) is 23.2 Å². The summed E-state index contributed by atoms with van der Waals surface area (Å²) in [5.74, 6) is 7.88. The van der Waals surface area contributed by atoms with Crippen LogP contribution in [-0.4, -0.2) is 46.1 Å². The number of nitrogens with one attached hydrogen (secondary N) is 3. The minimum Gasteiger partial charge on any atom is -0.348 e. The predicted molar refractivity (Wildman–Crippen MR) is 111 cm³/mol. The topological polar surface area (TPSA) is 134 Å². The van der Waals surface area contributed by atoms with Crippen molar-refractivity contribution in [3.05, 3.63) is 53.4 Å². The van der Waals surface area contributed by atoms with E-state index in [2.05, 4.69) is 34.2 Å². The molecule has 0 aliphatic rings. The Hall–Kier alpha value is -4.22. The van der Waals surface area contributed by atoms with Crippen LogP contribution in [0.3, 0.4) is 0 Å². The van der Waals surface area contributed by atoms with E-state index in [-0.39, 0.29) is 5.56 Å². The Balaban J connectivity index is 2.22. The molecule has 1 heterocycles. The Morgan fingerprint density at radius 2 is 1.82 bits per heavy atom. The van der Waals surface area contributed by atoms with Crippen molar-refractivity contribution in [2.75, 3.05) is 0 Å². The van der Waals surface area contributed by atoms with Gasteiger partial charge in [-0.1, -0.05) is 18.0 Å². The molecule has 4 N–H and O–H groups in total. The summed E-state index contributed by atoms with van der Waals surface area (Å²) in [6.45, 7) is 2.31. The van der Waals surface area contributed by atoms with E-state index in [1.54, 1.807) is 6.07 Å². The summed E-state index contributed by atoms with van der Waals surface area (Å²) in [5.41, 5.74) is -0.641. The molecular weight excluding hydrogens is 438 g/mol. The van der Waals surface area contributed by atoms with E-state index in [4.69, 9.17) is 9.73 Å². The van der Waals surface area contributed by atoms with E-state index in [1.807, 2.05) is 5.32 Å². The van der Waals surface area contributed by atoms with Crippen LogP contribution in [0.1, 0.15) is 41.9 Å². The number of hydrogen-bond donors (Lipinski definition) is 4. The molecule has 33 heavy (non-hydrogen) atoms. The van der Waals surface area contributed by atoms with E-state index >= 15 is 0 Å². The summed E-state index contributed by atoms with van der Waals surface area (Å²) in [7, 11) is 0. The maximum absolute atomic E-state index is 13.9. The van der Waals surface area contributed by atoms with Crippen molar-refractivity contribution < 1.29 is 32.9 Å². The summed E-state index contributed by atoms with van der Waals surface area (Å²) in [4.78, 5) is 36.3. The van der Waals surface area contributed by atoms with E-state index in [0.717, 1.165) is 6.92 Å². The molecule has 0 saturated heterocycles. The fourth-order valence-electron chi connectivity index (χ4n) is 2.92. The molecule has 2 unspecified atom stereocenters. The Morgan fingerprint density at radius 3 is 2.33 bits per heavy atom. The van der Waals surface area contributed by atoms with Gasteiger partial charge in [0.25, 0.3) is 18.2 Å². The zero-order valence-corrected chi connectivity index (χ0v) is 17.6. The highest BCUT2D eigenvalue weighted by atomic mass is 19.3. The number of nitrogens with zero attached hydrogens (tertiary/aromatic N) is 1. The third kappa shape index (κ3) is 6.38. The number of carbonyl (C=O) groups is 3. The number of hydroxylamine groups is 1. The highest BCUT2D eigenvalue weighted by molar-refractivity contribution is 5.98. The van der Waals surface area contributed by atoms with Crippen molar-refractivity contribution in [3.63, 3.8) is 0 Å². The Morgan fingerprint density at radius 1 is 1.15 bits per heavy atom. The van der Waals surface area contributed by atoms with Gasteiger partial charge in [-0.25, -0.2) is 14.3 Å². The van der Waals surface area contributed by atoms with Gasteiger partial charge in [0.05, 0.1) is 6.20 Å². The number of rotatable bonds is 7. The summed E-state index contributed by atoms with van der Waals surface area (Å²) < 4.78 is 32.7. The fraction of sp³-hybridized carbons (Fsp3) is 0.273. The standard InChI is InChI=1S/C22H20F2N4O5/c1-3-22(21(23)24,27-14(2)29)18(20(31)28-32)26-19(30)16-10-8-15(9-11-16)6-4-5-7-17-12-13-25-33-17/h8-13,18,21,32H,3H2,1-2H3,(H,26,30)(H,27,29)(H,28,31). The van der Waals surface area contributed by atoms with Crippen molar-refractivity contribution >= 4 is 17.7 Å². The molecule has 0 bridgehead atoms. The van der Waals surface area contributed by atoms with Gasteiger partial charge in [-0.2, -0.15) is 0 Å². The van der Waals surface area contributed by atoms with Crippen molar-refractivity contribution in [2.24, 2.45) is 0 Å². The molecular formula is C22H20F2N4O5. The van der Waals surface area contributed by atoms with Gasteiger partial charge in [-0.3, -0.25) is 19.6 Å². The number of amides is 3. The number of carbonyl (C=O) groups excluding carboxylic acids is 3. The Kier molecular flexibility index (Phi) is 8.66. The third-order valence-corrected chi connectivity index (χ3v) is 4.59. The number of hydrogen-bond acceptors (Lipinski definition) is 6. The number of alkyl halides is 2. The van der Waals surface area contributed by atoms with Crippen LogP contribution in [0.15, 0.2) is 41.1 Å². The molecule has 0 fully saturated rings. The predicted octanol–water partition coefficient (Wildman–Crippen LogP) is 1.23. The van der Waals surface area contributed by atoms with Gasteiger partial charge in [0, 0.05) is 24.1 Å². The molecule has 1 aromatic heterocycles. The van der Waals surface area contributed by atoms with Crippen molar-refractivity contribution in [3.8, 4) is 23.7 Å². The van der Waals surface area contributed by atoms with Crippen LogP contribution < -0.4 is 16.1 Å². The highest BCUT2D eigenvalue weighted by Crippen LogP contribution is 2.25. The second-order valence-corrected chi connectivity index (χ2v) is 6.71. The van der Waals surface area contributed by atoms with Crippen LogP contribution in [0.4, 0.5) is 8.78 Å². The van der Waals surface area contributed by atoms with Crippen molar-refractivity contribution in [1.82, 2.24) is 21.3 Å². The summed E-state index contributed by atoms with van der Waals surface area (Å²) in [6.07, 6.45) is -2.20. The largest absolute Gasteiger partial charge is 0.348 e. The van der Waals surface area contributed by atoms with Crippen LogP contribution in [0, 0.1) is 23.7 Å². The minimum atomic E-state index is -3.23. The van der Waals surface area contributed by atoms with E-state index in [1.165, 1.54) is 42.9 Å². The molecule has 0 aliphatic carbocycles. The van der Waals surface area contributed by atoms with Gasteiger partial charge in [0.1, 0.15) is 11.6 Å². The average molecular weight is 458 g/mol. The van der Waals surface area contributed by atoms with Crippen LogP contribution >= 0.6 is 0 Å². The number of benzene rings is 1. The first-order chi connectivity index (χ1) is 15.7. The molecule has 0 spiro atoms. The minimum absolute atomic E-state index is 0.0335. The molecule has 0 saturated carbocycles. The monoisotopic (exact) mass is 458 g/mol. The lowest BCUT2D eigenvalue weighted by molar-refractivity contribution is -0.138. The summed E-state index contributed by atoms with van der Waals surface area (Å²) in [6, 6.07) is 5.33. The van der Waals surface area contributed by atoms with Crippen molar-refractivity contribution in [2.45, 2.75) is 38.3 Å². The Bertz CT molecular complexity index is 1110. The van der Waals surface area contributed by atoms with Crippen LogP contribution in [-0.2, 0) is 9.59 Å². The highest BCUT2D eigenvalue weighted by Gasteiger charge is 2.50. The fourth-order valence-corrected chi connectivity index (χ4v) is 2.92. The quantitative estimate of drug-likeness (QED) is 0.280. The van der Waals surface area contributed by atoms with Crippen LogP contribution in [0.5, 0.6) is 0 Å². The lowest BCUT2D eigenvalue weighted by atomic mass is 9.86. The number of aromatic nitrogens is 1. The van der Waals surface area contributed by atoms with Crippen LogP contribution in [0.25, 0.3) is 0 Å². The van der Waals surface area contributed by atoms with Gasteiger partial charge in [-0.05, 0) is 48.4 Å². The Labute approximate surface area is 187 Å². The lowest BCUT2D eigenvalue weighted by Gasteiger charge is -2.38. The van der Waals surface area contributed by atoms with Gasteiger partial charge < -0.3 is 15.2 Å². The van der Waals surface area contributed by atoms with E-state index in [0.29, 0.717) is 11.3 Å². The van der Waals surface area contributed by atoms with Gasteiger partial charge in [-0.15, -0.1) is 0 Å². The SMILES string of the molecule is CCC(NC(C)=O)(C(F)F)C(NC(=O)c1ccc(C#CC#Cc2ccno2)cc1)C(=O)NO. The number of halogens is 2. The molecule has 172 valence electrons. The van der Waals surface area contributed by atoms with Crippen molar-refractivity contribution in [1.29, 1.82) is 0 Å². The zero-order chi connectivity index (χ0) is 24.4. The molecule has 2 atom stereocenters. The molecule has 2 aromatic rings. The van der Waals surface area contributed by atoms with Crippen LogP contribution in [0.2, 0.25) is 0 Å². The third-order valence-electron chi connectivity index (χ3n) is 4.59. The zero-order valence-electron chi connectivity index (χ0n) is 17.6. The molecule has 11 heteroatoms. The molecule has 3 amide bonds. The molecule has 1 aromatic carbocycles. The molecule has 0 radical (unpaired) electrons. The van der Waals surface area contributed by atoms with Gasteiger partial charge in [0.2, 0.25) is 11.7 Å². The summed E-state index contributed by atoms with van der Waals surface area (Å²) in [5, 5.41) is 16.7. The molecule has 2 rings (SSSR count). The van der Waals surface area contributed by atoms with Gasteiger partial charge >= 0.3 is 0 Å². The maximum Gasteiger partial charge on any atom is 0.268 e. The molecule has 9 nitrogen and oxygen atoms in total. The molecule has 0 aliphatic heterocycles. The second-order valence-electron chi connectivity index (χ2n) is 6.71. The van der Waals surface area contributed by atoms with E-state index < -0.39 is 42.1 Å². The summed E-state index contributed by atoms with van der Waals surface area (Å²) >= 11 is 0.